The van der Waals surface area contributed by atoms with E-state index in [2.05, 4.69) is 10.4 Å². The lowest BCUT2D eigenvalue weighted by molar-refractivity contribution is 0.575. The quantitative estimate of drug-likeness (QED) is 0.506. The standard InChI is InChI=1S/C23H20FN3O/c24-19-7-3-16(4-8-19)17-5-11-21(12-6-17)27-23(22-2-1-13-28-22)18(15-26-27)14-25-20-9-10-20/h1-8,11-13,15,20,25H,9-10,14H2. The van der Waals surface area contributed by atoms with E-state index >= 15 is 0 Å². The van der Waals surface area contributed by atoms with E-state index in [1.807, 2.05) is 47.3 Å². The van der Waals surface area contributed by atoms with Gasteiger partial charge in [0.05, 0.1) is 18.1 Å². The third-order valence-electron chi connectivity index (χ3n) is 5.05. The maximum absolute atomic E-state index is 13.2. The Morgan fingerprint density at radius 1 is 1.00 bits per heavy atom. The monoisotopic (exact) mass is 373 g/mol. The summed E-state index contributed by atoms with van der Waals surface area (Å²) in [6.45, 7) is 0.772. The molecule has 4 nitrogen and oxygen atoms in total. The molecular formula is C23H20FN3O. The second kappa shape index (κ2) is 7.09. The van der Waals surface area contributed by atoms with Gasteiger partial charge in [0.1, 0.15) is 11.5 Å². The molecule has 140 valence electrons. The minimum Gasteiger partial charge on any atom is -0.463 e. The lowest BCUT2D eigenvalue weighted by Crippen LogP contribution is -2.15. The molecule has 1 saturated carbocycles. The Morgan fingerprint density at radius 2 is 1.71 bits per heavy atom. The van der Waals surface area contributed by atoms with Crippen LogP contribution in [0.2, 0.25) is 0 Å². The highest BCUT2D eigenvalue weighted by molar-refractivity contribution is 5.66. The first kappa shape index (κ1) is 17.0. The molecule has 2 aromatic heterocycles. The largest absolute Gasteiger partial charge is 0.463 e. The first-order valence-corrected chi connectivity index (χ1v) is 9.48. The molecule has 1 aliphatic rings. The van der Waals surface area contributed by atoms with Crippen molar-refractivity contribution in [3.8, 4) is 28.3 Å². The Hall–Kier alpha value is -3.18. The average molecular weight is 373 g/mol. The number of nitrogens with one attached hydrogen (secondary N) is 1. The van der Waals surface area contributed by atoms with Gasteiger partial charge in [-0.2, -0.15) is 5.10 Å². The molecule has 1 fully saturated rings. The number of aromatic nitrogens is 2. The Bertz CT molecular complexity index is 1060. The zero-order valence-corrected chi connectivity index (χ0v) is 15.3. The van der Waals surface area contributed by atoms with Crippen molar-refractivity contribution in [1.82, 2.24) is 15.1 Å². The van der Waals surface area contributed by atoms with E-state index in [-0.39, 0.29) is 5.82 Å². The van der Waals surface area contributed by atoms with E-state index in [4.69, 9.17) is 4.42 Å². The number of rotatable bonds is 6. The van der Waals surface area contributed by atoms with Crippen molar-refractivity contribution in [1.29, 1.82) is 0 Å². The first-order chi connectivity index (χ1) is 13.8. The predicted octanol–water partition coefficient (Wildman–Crippen LogP) is 5.19. The summed E-state index contributed by atoms with van der Waals surface area (Å²) in [6.07, 6.45) is 6.08. The number of furan rings is 1. The summed E-state index contributed by atoms with van der Waals surface area (Å²) in [5, 5.41) is 8.17. The van der Waals surface area contributed by atoms with Gasteiger partial charge in [0, 0.05) is 18.2 Å². The number of benzene rings is 2. The molecule has 5 heteroatoms. The van der Waals surface area contributed by atoms with Crippen molar-refractivity contribution >= 4 is 0 Å². The van der Waals surface area contributed by atoms with Crippen LogP contribution in [0.25, 0.3) is 28.3 Å². The highest BCUT2D eigenvalue weighted by Gasteiger charge is 2.22. The Morgan fingerprint density at radius 3 is 2.36 bits per heavy atom. The summed E-state index contributed by atoms with van der Waals surface area (Å²) in [6, 6.07) is 19.1. The fraction of sp³-hybridized carbons (Fsp3) is 0.174. The average Bonchev–Trinajstić information content (AvgIpc) is 3.23. The Kier molecular flexibility index (Phi) is 4.29. The first-order valence-electron chi connectivity index (χ1n) is 9.48. The van der Waals surface area contributed by atoms with Crippen molar-refractivity contribution in [2.45, 2.75) is 25.4 Å². The minimum atomic E-state index is -0.229. The molecular weight excluding hydrogens is 353 g/mol. The highest BCUT2D eigenvalue weighted by Crippen LogP contribution is 2.29. The minimum absolute atomic E-state index is 0.229. The van der Waals surface area contributed by atoms with E-state index in [1.54, 1.807) is 18.4 Å². The van der Waals surface area contributed by atoms with Crippen molar-refractivity contribution < 1.29 is 8.81 Å². The molecule has 0 saturated heterocycles. The fourth-order valence-electron chi connectivity index (χ4n) is 3.36. The number of nitrogens with zero attached hydrogens (tertiary/aromatic N) is 2. The maximum Gasteiger partial charge on any atom is 0.152 e. The van der Waals surface area contributed by atoms with Crippen LogP contribution in [0.4, 0.5) is 4.39 Å². The van der Waals surface area contributed by atoms with Crippen molar-refractivity contribution in [2.75, 3.05) is 0 Å². The zero-order valence-electron chi connectivity index (χ0n) is 15.3. The zero-order chi connectivity index (χ0) is 18.9. The highest BCUT2D eigenvalue weighted by atomic mass is 19.1. The van der Waals surface area contributed by atoms with Gasteiger partial charge in [-0.1, -0.05) is 24.3 Å². The fourth-order valence-corrected chi connectivity index (χ4v) is 3.36. The van der Waals surface area contributed by atoms with Gasteiger partial charge in [0.15, 0.2) is 5.76 Å². The van der Waals surface area contributed by atoms with Crippen LogP contribution >= 0.6 is 0 Å². The predicted molar refractivity (Wildman–Crippen MR) is 107 cm³/mol. The molecule has 0 unspecified atom stereocenters. The summed E-state index contributed by atoms with van der Waals surface area (Å²) in [7, 11) is 0. The maximum atomic E-state index is 13.2. The number of hydrogen-bond donors (Lipinski definition) is 1. The molecule has 0 spiro atoms. The second-order valence-electron chi connectivity index (χ2n) is 7.12. The molecule has 2 heterocycles. The summed E-state index contributed by atoms with van der Waals surface area (Å²) >= 11 is 0. The van der Waals surface area contributed by atoms with Crippen LogP contribution in [-0.4, -0.2) is 15.8 Å². The third kappa shape index (κ3) is 3.37. The van der Waals surface area contributed by atoms with Gasteiger partial charge in [-0.05, 0) is 60.4 Å². The summed E-state index contributed by atoms with van der Waals surface area (Å²) in [5.41, 5.74) is 5.05. The lowest BCUT2D eigenvalue weighted by Gasteiger charge is -2.10. The van der Waals surface area contributed by atoms with E-state index in [0.29, 0.717) is 6.04 Å². The number of halogens is 1. The third-order valence-corrected chi connectivity index (χ3v) is 5.05. The molecule has 1 aliphatic carbocycles. The summed E-state index contributed by atoms with van der Waals surface area (Å²) in [5.74, 6) is 0.569. The van der Waals surface area contributed by atoms with Crippen LogP contribution < -0.4 is 5.32 Å². The molecule has 0 radical (unpaired) electrons. The van der Waals surface area contributed by atoms with Crippen molar-refractivity contribution in [3.05, 3.63) is 84.5 Å². The van der Waals surface area contributed by atoms with Gasteiger partial charge in [0.25, 0.3) is 0 Å². The van der Waals surface area contributed by atoms with E-state index in [9.17, 15) is 4.39 Å². The Balaban J connectivity index is 1.49. The van der Waals surface area contributed by atoms with Gasteiger partial charge in [-0.25, -0.2) is 9.07 Å². The van der Waals surface area contributed by atoms with Gasteiger partial charge < -0.3 is 9.73 Å². The molecule has 0 bridgehead atoms. The van der Waals surface area contributed by atoms with Crippen LogP contribution in [-0.2, 0) is 6.54 Å². The normalized spacial score (nSPS) is 13.8. The van der Waals surface area contributed by atoms with Crippen LogP contribution in [0, 0.1) is 5.82 Å². The van der Waals surface area contributed by atoms with Gasteiger partial charge in [-0.3, -0.25) is 0 Å². The van der Waals surface area contributed by atoms with Crippen molar-refractivity contribution in [3.63, 3.8) is 0 Å². The van der Waals surface area contributed by atoms with E-state index < -0.39 is 0 Å². The topological polar surface area (TPSA) is 43.0 Å². The molecule has 2 aromatic carbocycles. The lowest BCUT2D eigenvalue weighted by atomic mass is 10.1. The SMILES string of the molecule is Fc1ccc(-c2ccc(-n3ncc(CNC4CC4)c3-c3ccco3)cc2)cc1. The molecule has 28 heavy (non-hydrogen) atoms. The van der Waals surface area contributed by atoms with Gasteiger partial charge in [0.2, 0.25) is 0 Å². The van der Waals surface area contributed by atoms with Crippen LogP contribution in [0.5, 0.6) is 0 Å². The molecule has 0 aliphatic heterocycles. The molecule has 0 amide bonds. The van der Waals surface area contributed by atoms with Crippen molar-refractivity contribution in [2.24, 2.45) is 0 Å². The smallest absolute Gasteiger partial charge is 0.152 e. The second-order valence-corrected chi connectivity index (χ2v) is 7.12. The van der Waals surface area contributed by atoms with Gasteiger partial charge >= 0.3 is 0 Å². The van der Waals surface area contributed by atoms with Gasteiger partial charge in [-0.15, -0.1) is 0 Å². The summed E-state index contributed by atoms with van der Waals surface area (Å²) in [4.78, 5) is 0. The van der Waals surface area contributed by atoms with E-state index in [0.717, 1.165) is 40.4 Å². The molecule has 0 atom stereocenters. The van der Waals surface area contributed by atoms with Crippen LogP contribution in [0.3, 0.4) is 0 Å². The molecule has 5 rings (SSSR count). The van der Waals surface area contributed by atoms with Crippen LogP contribution in [0.15, 0.2) is 77.5 Å². The van der Waals surface area contributed by atoms with Crippen LogP contribution in [0.1, 0.15) is 18.4 Å². The molecule has 4 aromatic rings. The number of hydrogen-bond acceptors (Lipinski definition) is 3. The molecule has 1 N–H and O–H groups in total. The Labute approximate surface area is 162 Å². The summed E-state index contributed by atoms with van der Waals surface area (Å²) < 4.78 is 20.8. The van der Waals surface area contributed by atoms with E-state index in [1.165, 1.54) is 25.0 Å².